The standard InChI is InChI=1S/C19H12BrClN2O2S/c1-10-14-8-12(20)4-7-16(14)25-17(10)18(24)23-19-22-15(9-26-19)11-2-5-13(21)6-3-11/h2-9H,1H3,(H,22,23,24). The van der Waals surface area contributed by atoms with Crippen molar-refractivity contribution in [3.8, 4) is 11.3 Å². The highest BCUT2D eigenvalue weighted by atomic mass is 79.9. The number of carbonyl (C=O) groups is 1. The van der Waals surface area contributed by atoms with Crippen molar-refractivity contribution >= 4 is 60.9 Å². The summed E-state index contributed by atoms with van der Waals surface area (Å²) in [7, 11) is 0. The molecule has 7 heteroatoms. The van der Waals surface area contributed by atoms with Gasteiger partial charge < -0.3 is 4.42 Å². The SMILES string of the molecule is Cc1c(C(=O)Nc2nc(-c3ccc(Cl)cc3)cs2)oc2ccc(Br)cc12. The summed E-state index contributed by atoms with van der Waals surface area (Å²) in [5.41, 5.74) is 3.20. The van der Waals surface area contributed by atoms with Crippen LogP contribution in [0.2, 0.25) is 5.02 Å². The summed E-state index contributed by atoms with van der Waals surface area (Å²) in [6.07, 6.45) is 0. The molecule has 0 aliphatic rings. The van der Waals surface area contributed by atoms with E-state index in [1.165, 1.54) is 11.3 Å². The van der Waals surface area contributed by atoms with Crippen LogP contribution >= 0.6 is 38.9 Å². The zero-order chi connectivity index (χ0) is 18.3. The third-order valence-electron chi connectivity index (χ3n) is 3.97. The Labute approximate surface area is 166 Å². The van der Waals surface area contributed by atoms with Gasteiger partial charge in [0.15, 0.2) is 10.9 Å². The fraction of sp³-hybridized carbons (Fsp3) is 0.0526. The Kier molecular flexibility index (Phi) is 4.56. The summed E-state index contributed by atoms with van der Waals surface area (Å²) >= 11 is 10.7. The van der Waals surface area contributed by atoms with Gasteiger partial charge in [0.1, 0.15) is 5.58 Å². The van der Waals surface area contributed by atoms with Crippen LogP contribution in [0.15, 0.2) is 56.7 Å². The Balaban J connectivity index is 1.59. The highest BCUT2D eigenvalue weighted by molar-refractivity contribution is 9.10. The molecule has 0 atom stereocenters. The largest absolute Gasteiger partial charge is 0.451 e. The van der Waals surface area contributed by atoms with E-state index in [1.807, 2.05) is 54.8 Å². The molecule has 0 fully saturated rings. The number of rotatable bonds is 3. The molecule has 0 radical (unpaired) electrons. The Morgan fingerprint density at radius 2 is 2.00 bits per heavy atom. The molecule has 0 bridgehead atoms. The minimum atomic E-state index is -0.313. The number of hydrogen-bond donors (Lipinski definition) is 1. The maximum atomic E-state index is 12.6. The van der Waals surface area contributed by atoms with Gasteiger partial charge in [-0.1, -0.05) is 39.7 Å². The van der Waals surface area contributed by atoms with Crippen LogP contribution in [0, 0.1) is 6.92 Å². The molecule has 0 aliphatic carbocycles. The summed E-state index contributed by atoms with van der Waals surface area (Å²) in [5.74, 6) is -0.0202. The summed E-state index contributed by atoms with van der Waals surface area (Å²) in [6.45, 7) is 1.87. The molecule has 4 aromatic rings. The molecule has 1 amide bonds. The van der Waals surface area contributed by atoms with Crippen molar-refractivity contribution in [1.29, 1.82) is 0 Å². The maximum Gasteiger partial charge on any atom is 0.293 e. The number of aromatic nitrogens is 1. The number of nitrogens with zero attached hydrogens (tertiary/aromatic N) is 1. The average Bonchev–Trinajstić information content (AvgIpc) is 3.21. The second-order valence-electron chi connectivity index (χ2n) is 5.70. The number of aryl methyl sites for hydroxylation is 1. The lowest BCUT2D eigenvalue weighted by Crippen LogP contribution is -2.11. The van der Waals surface area contributed by atoms with Crippen molar-refractivity contribution in [2.24, 2.45) is 0 Å². The van der Waals surface area contributed by atoms with Crippen LogP contribution in [0.5, 0.6) is 0 Å². The van der Waals surface area contributed by atoms with E-state index in [9.17, 15) is 4.79 Å². The normalized spacial score (nSPS) is 11.0. The highest BCUT2D eigenvalue weighted by Gasteiger charge is 2.19. The van der Waals surface area contributed by atoms with Crippen LogP contribution < -0.4 is 5.32 Å². The molecule has 2 aromatic heterocycles. The van der Waals surface area contributed by atoms with E-state index in [0.29, 0.717) is 21.5 Å². The van der Waals surface area contributed by atoms with Crippen molar-refractivity contribution in [3.05, 3.63) is 68.7 Å². The molecule has 0 saturated carbocycles. The molecule has 2 aromatic carbocycles. The van der Waals surface area contributed by atoms with Crippen molar-refractivity contribution < 1.29 is 9.21 Å². The monoisotopic (exact) mass is 446 g/mol. The summed E-state index contributed by atoms with van der Waals surface area (Å²) in [4.78, 5) is 17.1. The van der Waals surface area contributed by atoms with E-state index >= 15 is 0 Å². The molecule has 0 spiro atoms. The molecule has 0 saturated heterocycles. The Hall–Kier alpha value is -2.15. The Morgan fingerprint density at radius 3 is 2.77 bits per heavy atom. The van der Waals surface area contributed by atoms with Crippen molar-refractivity contribution in [2.75, 3.05) is 5.32 Å². The Morgan fingerprint density at radius 1 is 1.23 bits per heavy atom. The number of carbonyl (C=O) groups excluding carboxylic acids is 1. The molecular formula is C19H12BrClN2O2S. The molecule has 0 unspecified atom stereocenters. The minimum absolute atomic E-state index is 0.293. The second kappa shape index (κ2) is 6.87. The van der Waals surface area contributed by atoms with E-state index in [0.717, 1.165) is 26.7 Å². The van der Waals surface area contributed by atoms with E-state index in [4.69, 9.17) is 16.0 Å². The first-order valence-corrected chi connectivity index (χ1v) is 9.78. The van der Waals surface area contributed by atoms with Gasteiger partial charge >= 0.3 is 0 Å². The average molecular weight is 448 g/mol. The fourth-order valence-corrected chi connectivity index (χ4v) is 3.85. The van der Waals surface area contributed by atoms with E-state index < -0.39 is 0 Å². The Bertz CT molecular complexity index is 1120. The van der Waals surface area contributed by atoms with Crippen LogP contribution in [-0.4, -0.2) is 10.9 Å². The van der Waals surface area contributed by atoms with E-state index in [1.54, 1.807) is 0 Å². The van der Waals surface area contributed by atoms with Gasteiger partial charge in [-0.15, -0.1) is 11.3 Å². The first-order chi connectivity index (χ1) is 12.5. The number of thiazole rings is 1. The number of nitrogens with one attached hydrogen (secondary N) is 1. The number of amides is 1. The number of fused-ring (bicyclic) bond motifs is 1. The number of benzene rings is 2. The minimum Gasteiger partial charge on any atom is -0.451 e. The summed E-state index contributed by atoms with van der Waals surface area (Å²) in [6, 6.07) is 13.1. The van der Waals surface area contributed by atoms with Gasteiger partial charge in [0.05, 0.1) is 5.69 Å². The quantitative estimate of drug-likeness (QED) is 0.388. The second-order valence-corrected chi connectivity index (χ2v) is 7.91. The number of furan rings is 1. The lowest BCUT2D eigenvalue weighted by molar-refractivity contribution is 0.0998. The maximum absolute atomic E-state index is 12.6. The van der Waals surface area contributed by atoms with Crippen LogP contribution in [0.4, 0.5) is 5.13 Å². The number of hydrogen-bond acceptors (Lipinski definition) is 4. The molecule has 1 N–H and O–H groups in total. The smallest absolute Gasteiger partial charge is 0.293 e. The van der Waals surface area contributed by atoms with Gasteiger partial charge in [-0.3, -0.25) is 10.1 Å². The van der Waals surface area contributed by atoms with Gasteiger partial charge in [-0.05, 0) is 37.3 Å². The van der Waals surface area contributed by atoms with Crippen LogP contribution in [0.1, 0.15) is 16.1 Å². The third-order valence-corrected chi connectivity index (χ3v) is 5.47. The van der Waals surface area contributed by atoms with Crippen molar-refractivity contribution in [2.45, 2.75) is 6.92 Å². The van der Waals surface area contributed by atoms with Gasteiger partial charge in [0.25, 0.3) is 5.91 Å². The highest BCUT2D eigenvalue weighted by Crippen LogP contribution is 2.30. The zero-order valence-corrected chi connectivity index (χ0v) is 16.7. The van der Waals surface area contributed by atoms with E-state index in [2.05, 4.69) is 26.2 Å². The summed E-state index contributed by atoms with van der Waals surface area (Å²) in [5, 5.41) is 6.80. The molecule has 2 heterocycles. The van der Waals surface area contributed by atoms with Gasteiger partial charge in [0.2, 0.25) is 0 Å². The zero-order valence-electron chi connectivity index (χ0n) is 13.5. The number of anilines is 1. The van der Waals surface area contributed by atoms with Gasteiger partial charge in [-0.2, -0.15) is 0 Å². The topological polar surface area (TPSA) is 55.1 Å². The molecule has 4 rings (SSSR count). The predicted molar refractivity (Wildman–Crippen MR) is 109 cm³/mol. The van der Waals surface area contributed by atoms with Crippen LogP contribution in [-0.2, 0) is 0 Å². The first kappa shape index (κ1) is 17.3. The molecule has 26 heavy (non-hydrogen) atoms. The fourth-order valence-electron chi connectivity index (χ4n) is 2.65. The lowest BCUT2D eigenvalue weighted by atomic mass is 10.1. The molecular weight excluding hydrogens is 436 g/mol. The summed E-state index contributed by atoms with van der Waals surface area (Å²) < 4.78 is 6.66. The number of halogens is 2. The van der Waals surface area contributed by atoms with Crippen molar-refractivity contribution in [3.63, 3.8) is 0 Å². The predicted octanol–water partition coefficient (Wildman–Crippen LogP) is 6.53. The first-order valence-electron chi connectivity index (χ1n) is 7.73. The van der Waals surface area contributed by atoms with Gasteiger partial charge in [0, 0.05) is 31.4 Å². The van der Waals surface area contributed by atoms with Crippen LogP contribution in [0.25, 0.3) is 22.2 Å². The third kappa shape index (κ3) is 3.28. The lowest BCUT2D eigenvalue weighted by Gasteiger charge is -2.00. The molecule has 4 nitrogen and oxygen atoms in total. The molecule has 130 valence electrons. The van der Waals surface area contributed by atoms with Crippen LogP contribution in [0.3, 0.4) is 0 Å². The molecule has 0 aliphatic heterocycles. The van der Waals surface area contributed by atoms with Gasteiger partial charge in [-0.25, -0.2) is 4.98 Å². The van der Waals surface area contributed by atoms with E-state index in [-0.39, 0.29) is 5.91 Å². The van der Waals surface area contributed by atoms with Crippen molar-refractivity contribution in [1.82, 2.24) is 4.98 Å².